The molecule has 8 nitrogen and oxygen atoms in total. The van der Waals surface area contributed by atoms with Gasteiger partial charge in [0.1, 0.15) is 30.3 Å². The van der Waals surface area contributed by atoms with Crippen molar-refractivity contribution in [3.8, 4) is 11.5 Å². The summed E-state index contributed by atoms with van der Waals surface area (Å²) in [6.07, 6.45) is 1.54. The molecule has 12 heteroatoms. The minimum atomic E-state index is -1.14. The highest BCUT2D eigenvalue weighted by atomic mass is 127. The van der Waals surface area contributed by atoms with E-state index in [4.69, 9.17) is 19.3 Å². The van der Waals surface area contributed by atoms with E-state index in [9.17, 15) is 19.5 Å². The van der Waals surface area contributed by atoms with Crippen molar-refractivity contribution in [1.29, 1.82) is 0 Å². The van der Waals surface area contributed by atoms with Crippen LogP contribution in [0.1, 0.15) is 26.3 Å². The lowest BCUT2D eigenvalue weighted by molar-refractivity contribution is -0.139. The summed E-state index contributed by atoms with van der Waals surface area (Å²) >= 11 is 7.75. The molecule has 0 bridgehead atoms. The summed E-state index contributed by atoms with van der Waals surface area (Å²) in [6, 6.07) is 4.79. The van der Waals surface area contributed by atoms with Gasteiger partial charge in [-0.15, -0.1) is 0 Å². The Kier molecular flexibility index (Phi) is 10.7. The molecule has 0 heterocycles. The van der Waals surface area contributed by atoms with Gasteiger partial charge in [0.25, 0.3) is 0 Å². The normalized spacial score (nSPS) is 10.4. The average Bonchev–Trinajstić information content (AvgIpc) is 2.72. The molecule has 2 aromatic carbocycles. The van der Waals surface area contributed by atoms with E-state index in [1.807, 2.05) is 90.4 Å². The smallest absolute Gasteiger partial charge is 0.342 e. The van der Waals surface area contributed by atoms with Crippen LogP contribution in [0.2, 0.25) is 0 Å². The number of aromatic hydroxyl groups is 1. The molecule has 0 saturated carbocycles. The molecule has 2 aromatic rings. The second kappa shape index (κ2) is 12.5. The van der Waals surface area contributed by atoms with Crippen LogP contribution in [0.25, 0.3) is 6.08 Å². The van der Waals surface area contributed by atoms with Gasteiger partial charge in [0, 0.05) is 3.57 Å². The van der Waals surface area contributed by atoms with Gasteiger partial charge in [-0.2, -0.15) is 0 Å². The number of rotatable bonds is 9. The number of aliphatic carboxylic acids is 1. The average molecular weight is 890 g/mol. The summed E-state index contributed by atoms with van der Waals surface area (Å²) in [5.41, 5.74) is 0.860. The van der Waals surface area contributed by atoms with Crippen LogP contribution >= 0.6 is 90.4 Å². The first-order chi connectivity index (χ1) is 15.1. The first-order valence-corrected chi connectivity index (χ1v) is 12.9. The third kappa shape index (κ3) is 7.05. The molecule has 32 heavy (non-hydrogen) atoms. The highest BCUT2D eigenvalue weighted by Crippen LogP contribution is 2.34. The van der Waals surface area contributed by atoms with Crippen molar-refractivity contribution in [2.45, 2.75) is 0 Å². The molecule has 2 N–H and O–H groups in total. The minimum absolute atomic E-state index is 0.0138. The van der Waals surface area contributed by atoms with E-state index < -0.39 is 24.5 Å². The van der Waals surface area contributed by atoms with Gasteiger partial charge in [0.15, 0.2) is 6.61 Å². The molecule has 0 aliphatic carbocycles. The van der Waals surface area contributed by atoms with Crippen molar-refractivity contribution in [2.75, 3.05) is 19.8 Å². The Labute approximate surface area is 237 Å². The van der Waals surface area contributed by atoms with Crippen molar-refractivity contribution < 1.29 is 38.8 Å². The fraction of sp³-hybridized carbons (Fsp3) is 0.150. The number of carbonyl (C=O) groups excluding carboxylic acids is 2. The Morgan fingerprint density at radius 1 is 0.938 bits per heavy atom. The molecule has 0 atom stereocenters. The lowest BCUT2D eigenvalue weighted by Crippen LogP contribution is -2.17. The summed E-state index contributed by atoms with van der Waals surface area (Å²) in [5, 5.41) is 18.9. The lowest BCUT2D eigenvalue weighted by Gasteiger charge is -2.14. The topological polar surface area (TPSA) is 119 Å². The second-order valence-corrected chi connectivity index (χ2v) is 10.5. The van der Waals surface area contributed by atoms with Gasteiger partial charge in [-0.3, -0.25) is 0 Å². The zero-order valence-electron chi connectivity index (χ0n) is 16.0. The van der Waals surface area contributed by atoms with E-state index >= 15 is 0 Å². The lowest BCUT2D eigenvalue weighted by atomic mass is 10.1. The van der Waals surface area contributed by atoms with Crippen molar-refractivity contribution >= 4 is 114 Å². The van der Waals surface area contributed by atoms with Crippen molar-refractivity contribution in [3.05, 3.63) is 55.7 Å². The Balaban J connectivity index is 2.04. The SMILES string of the molecule is C=Cc1cc(I)c(O)c(C(=O)OCCOC(=O)c2c(I)cc(I)c(OCC(=O)O)c2I)c1. The van der Waals surface area contributed by atoms with Crippen LogP contribution in [0.15, 0.2) is 24.8 Å². The summed E-state index contributed by atoms with van der Waals surface area (Å²) in [6.45, 7) is 2.65. The van der Waals surface area contributed by atoms with Crippen LogP contribution in [-0.2, 0) is 14.3 Å². The van der Waals surface area contributed by atoms with E-state index in [1.54, 1.807) is 18.2 Å². The number of halogens is 4. The number of phenolic OH excluding ortho intramolecular Hbond substituents is 1. The largest absolute Gasteiger partial charge is 0.506 e. The maximum atomic E-state index is 12.6. The third-order valence-electron chi connectivity index (χ3n) is 3.76. The first-order valence-electron chi connectivity index (χ1n) is 8.58. The maximum absolute atomic E-state index is 12.6. The molecule has 0 spiro atoms. The fourth-order valence-electron chi connectivity index (χ4n) is 2.34. The van der Waals surface area contributed by atoms with Gasteiger partial charge < -0.3 is 24.4 Å². The molecular formula is C20H14I4O8. The van der Waals surface area contributed by atoms with Gasteiger partial charge >= 0.3 is 17.9 Å². The van der Waals surface area contributed by atoms with E-state index in [2.05, 4.69) is 6.58 Å². The first kappa shape index (κ1) is 27.4. The molecule has 0 unspecified atom stereocenters. The second-order valence-electron chi connectivity index (χ2n) is 5.92. The van der Waals surface area contributed by atoms with Crippen LogP contribution in [0.3, 0.4) is 0 Å². The van der Waals surface area contributed by atoms with Gasteiger partial charge in [0.05, 0.1) is 16.3 Å². The van der Waals surface area contributed by atoms with E-state index in [1.165, 1.54) is 6.07 Å². The predicted octanol–water partition coefficient (Wildman–Crippen LogP) is 4.93. The maximum Gasteiger partial charge on any atom is 0.342 e. The molecule has 0 radical (unpaired) electrons. The van der Waals surface area contributed by atoms with E-state index in [-0.39, 0.29) is 35.8 Å². The van der Waals surface area contributed by atoms with Crippen LogP contribution in [0.5, 0.6) is 11.5 Å². The van der Waals surface area contributed by atoms with Crippen molar-refractivity contribution in [3.63, 3.8) is 0 Å². The monoisotopic (exact) mass is 890 g/mol. The van der Waals surface area contributed by atoms with Gasteiger partial charge in [0.2, 0.25) is 0 Å². The number of carboxylic acids is 1. The quantitative estimate of drug-likeness (QED) is 0.207. The number of hydrogen-bond donors (Lipinski definition) is 2. The number of carbonyl (C=O) groups is 3. The standard InChI is InChI=1S/C20H14I4O8/c1-2-9-5-10(17(27)12(22)6-9)19(28)30-3-4-31-20(29)15-11(21)7-13(23)18(16(15)24)32-8-14(25)26/h2,5-7,27H,1,3-4,8H2,(H,25,26). The van der Waals surface area contributed by atoms with Crippen molar-refractivity contribution in [2.24, 2.45) is 0 Å². The highest BCUT2D eigenvalue weighted by Gasteiger charge is 2.23. The summed E-state index contributed by atoms with van der Waals surface area (Å²) in [4.78, 5) is 35.7. The van der Waals surface area contributed by atoms with E-state index in [0.717, 1.165) is 0 Å². The van der Waals surface area contributed by atoms with Crippen LogP contribution in [0, 0.1) is 14.3 Å². The Morgan fingerprint density at radius 3 is 2.16 bits per heavy atom. The van der Waals surface area contributed by atoms with Gasteiger partial charge in [-0.25, -0.2) is 14.4 Å². The van der Waals surface area contributed by atoms with Crippen LogP contribution < -0.4 is 4.74 Å². The number of ether oxygens (including phenoxy) is 3. The molecule has 0 aromatic heterocycles. The number of phenols is 1. The summed E-state index contributed by atoms with van der Waals surface area (Å²) in [5.74, 6) is -2.49. The van der Waals surface area contributed by atoms with E-state index in [0.29, 0.717) is 19.8 Å². The zero-order valence-corrected chi connectivity index (χ0v) is 24.6. The number of hydrogen-bond acceptors (Lipinski definition) is 7. The number of carboxylic acid groups (broad SMARTS) is 1. The molecule has 0 saturated heterocycles. The summed E-state index contributed by atoms with van der Waals surface area (Å²) in [7, 11) is 0. The van der Waals surface area contributed by atoms with Crippen LogP contribution in [-0.4, -0.2) is 47.9 Å². The van der Waals surface area contributed by atoms with Gasteiger partial charge in [-0.1, -0.05) is 12.7 Å². The molecule has 0 amide bonds. The van der Waals surface area contributed by atoms with Crippen molar-refractivity contribution in [1.82, 2.24) is 0 Å². The Morgan fingerprint density at radius 2 is 1.56 bits per heavy atom. The Bertz CT molecular complexity index is 1080. The highest BCUT2D eigenvalue weighted by molar-refractivity contribution is 14.1. The Hall–Kier alpha value is -0.890. The van der Waals surface area contributed by atoms with Gasteiger partial charge in [-0.05, 0) is 114 Å². The minimum Gasteiger partial charge on any atom is -0.506 e. The number of benzene rings is 2. The fourth-order valence-corrected chi connectivity index (χ4v) is 7.11. The summed E-state index contributed by atoms with van der Waals surface area (Å²) < 4.78 is 17.8. The predicted molar refractivity (Wildman–Crippen MR) is 149 cm³/mol. The zero-order chi connectivity index (χ0) is 24.0. The third-order valence-corrected chi connectivity index (χ3v) is 7.27. The molecule has 2 rings (SSSR count). The molecule has 0 fully saturated rings. The molecule has 0 aliphatic rings. The molecular weight excluding hydrogens is 876 g/mol. The van der Waals surface area contributed by atoms with Crippen LogP contribution in [0.4, 0.5) is 0 Å². The number of esters is 2. The molecule has 0 aliphatic heterocycles. The molecule has 170 valence electrons.